The van der Waals surface area contributed by atoms with Crippen LogP contribution in [-0.2, 0) is 4.65 Å². The molecular weight excluding hydrogens is 262 g/mol. The molecule has 0 aliphatic carbocycles. The molecular formula is C14H16BClO3. The van der Waals surface area contributed by atoms with Crippen LogP contribution >= 0.6 is 11.6 Å². The second-order valence-corrected chi connectivity index (χ2v) is 4.94. The Kier molecular flexibility index (Phi) is 4.35. The molecule has 5 heteroatoms. The summed E-state index contributed by atoms with van der Waals surface area (Å²) in [5.41, 5.74) is 2.38. The fraction of sp³-hybridized carbons (Fsp3) is 0.286. The number of allylic oxidation sites excluding steroid dienone is 2. The van der Waals surface area contributed by atoms with Gasteiger partial charge < -0.3 is 14.8 Å². The van der Waals surface area contributed by atoms with Crippen LogP contribution in [0.5, 0.6) is 5.75 Å². The van der Waals surface area contributed by atoms with Gasteiger partial charge >= 0.3 is 7.12 Å². The van der Waals surface area contributed by atoms with E-state index in [9.17, 15) is 10.1 Å². The standard InChI is InChI=1S/C14H16BClO3/c1-3-9(2)12-6-7-14(19-15(12)18)11-5-4-10(17)8-13(11)16/h4-6,8,14,17-18H,2-3,7H2,1H3. The molecule has 0 saturated carbocycles. The normalized spacial score (nSPS) is 19.2. The summed E-state index contributed by atoms with van der Waals surface area (Å²) < 4.78 is 5.59. The summed E-state index contributed by atoms with van der Waals surface area (Å²) in [5, 5.41) is 19.8. The topological polar surface area (TPSA) is 49.7 Å². The molecule has 1 unspecified atom stereocenters. The van der Waals surface area contributed by atoms with E-state index in [0.29, 0.717) is 11.4 Å². The molecule has 19 heavy (non-hydrogen) atoms. The molecule has 0 radical (unpaired) electrons. The Morgan fingerprint density at radius 3 is 2.89 bits per heavy atom. The van der Waals surface area contributed by atoms with Crippen LogP contribution in [0.2, 0.25) is 5.02 Å². The van der Waals surface area contributed by atoms with Gasteiger partial charge in [-0.2, -0.15) is 0 Å². The highest BCUT2D eigenvalue weighted by atomic mass is 35.5. The average Bonchev–Trinajstić information content (AvgIpc) is 2.37. The minimum absolute atomic E-state index is 0.112. The molecule has 1 aromatic carbocycles. The maximum atomic E-state index is 10.0. The highest BCUT2D eigenvalue weighted by Gasteiger charge is 2.30. The van der Waals surface area contributed by atoms with Crippen molar-refractivity contribution in [2.45, 2.75) is 25.9 Å². The Morgan fingerprint density at radius 1 is 1.58 bits per heavy atom. The van der Waals surface area contributed by atoms with Crippen molar-refractivity contribution >= 4 is 18.7 Å². The first-order valence-electron chi connectivity index (χ1n) is 6.23. The van der Waals surface area contributed by atoms with Crippen molar-refractivity contribution in [2.75, 3.05) is 0 Å². The minimum atomic E-state index is -0.976. The molecule has 0 saturated heterocycles. The third-order valence-electron chi connectivity index (χ3n) is 3.28. The third-order valence-corrected chi connectivity index (χ3v) is 3.60. The molecule has 1 aliphatic rings. The summed E-state index contributed by atoms with van der Waals surface area (Å²) in [6.45, 7) is 5.89. The largest absolute Gasteiger partial charge is 0.508 e. The van der Waals surface area contributed by atoms with Crippen molar-refractivity contribution < 1.29 is 14.8 Å². The number of phenols is 1. The molecule has 1 aliphatic heterocycles. The molecule has 3 nitrogen and oxygen atoms in total. The molecule has 2 rings (SSSR count). The fourth-order valence-corrected chi connectivity index (χ4v) is 2.42. The molecule has 100 valence electrons. The summed E-state index contributed by atoms with van der Waals surface area (Å²) in [6, 6.07) is 4.74. The lowest BCUT2D eigenvalue weighted by molar-refractivity contribution is 0.168. The summed E-state index contributed by atoms with van der Waals surface area (Å²) in [5.74, 6) is 0.112. The van der Waals surface area contributed by atoms with Gasteiger partial charge in [-0.1, -0.05) is 42.8 Å². The van der Waals surface area contributed by atoms with Gasteiger partial charge in [0.05, 0.1) is 6.10 Å². The molecule has 0 fully saturated rings. The Bertz CT molecular complexity index is 527. The number of aromatic hydroxyl groups is 1. The van der Waals surface area contributed by atoms with Crippen LogP contribution in [0.15, 0.2) is 41.9 Å². The Balaban J connectivity index is 2.22. The molecule has 1 heterocycles. The van der Waals surface area contributed by atoms with Gasteiger partial charge in [0.1, 0.15) is 5.75 Å². The fourth-order valence-electron chi connectivity index (χ4n) is 2.12. The van der Waals surface area contributed by atoms with Crippen molar-refractivity contribution in [1.82, 2.24) is 0 Å². The van der Waals surface area contributed by atoms with Crippen molar-refractivity contribution in [3.05, 3.63) is 52.5 Å². The minimum Gasteiger partial charge on any atom is -0.508 e. The van der Waals surface area contributed by atoms with Crippen LogP contribution in [0, 0.1) is 0 Å². The van der Waals surface area contributed by atoms with Crippen LogP contribution in [0.4, 0.5) is 0 Å². The molecule has 2 N–H and O–H groups in total. The number of benzene rings is 1. The van der Waals surface area contributed by atoms with Crippen LogP contribution in [0.1, 0.15) is 31.4 Å². The van der Waals surface area contributed by atoms with Crippen molar-refractivity contribution in [3.63, 3.8) is 0 Å². The van der Waals surface area contributed by atoms with E-state index in [-0.39, 0.29) is 11.9 Å². The number of phenolic OH excluding ortho intramolecular Hbond substituents is 1. The van der Waals surface area contributed by atoms with E-state index in [1.165, 1.54) is 6.07 Å². The third kappa shape index (κ3) is 3.03. The summed E-state index contributed by atoms with van der Waals surface area (Å²) in [4.78, 5) is 0. The first kappa shape index (κ1) is 14.2. The van der Waals surface area contributed by atoms with Crippen molar-refractivity contribution in [2.24, 2.45) is 0 Å². The molecule has 0 amide bonds. The summed E-state index contributed by atoms with van der Waals surface area (Å²) >= 11 is 6.08. The highest BCUT2D eigenvalue weighted by molar-refractivity contribution is 6.54. The lowest BCUT2D eigenvalue weighted by atomic mass is 9.70. The van der Waals surface area contributed by atoms with E-state index in [2.05, 4.69) is 6.58 Å². The first-order chi connectivity index (χ1) is 9.02. The lowest BCUT2D eigenvalue weighted by Gasteiger charge is -2.27. The van der Waals surface area contributed by atoms with Gasteiger partial charge in [0, 0.05) is 5.02 Å². The zero-order valence-corrected chi connectivity index (χ0v) is 11.5. The second-order valence-electron chi connectivity index (χ2n) is 4.54. The lowest BCUT2D eigenvalue weighted by Crippen LogP contribution is -2.28. The smallest absolute Gasteiger partial charge is 0.491 e. The monoisotopic (exact) mass is 278 g/mol. The average molecular weight is 279 g/mol. The molecule has 0 spiro atoms. The predicted molar refractivity (Wildman–Crippen MR) is 77.0 cm³/mol. The summed E-state index contributed by atoms with van der Waals surface area (Å²) in [6.07, 6.45) is 3.03. The van der Waals surface area contributed by atoms with Crippen LogP contribution in [0.25, 0.3) is 0 Å². The van der Waals surface area contributed by atoms with Gasteiger partial charge in [-0.3, -0.25) is 0 Å². The van der Waals surface area contributed by atoms with Gasteiger partial charge in [-0.25, -0.2) is 0 Å². The molecule has 0 aromatic heterocycles. The first-order valence-corrected chi connectivity index (χ1v) is 6.60. The van der Waals surface area contributed by atoms with Crippen LogP contribution in [0.3, 0.4) is 0 Å². The van der Waals surface area contributed by atoms with E-state index in [0.717, 1.165) is 23.0 Å². The Labute approximate surface area is 118 Å². The van der Waals surface area contributed by atoms with E-state index in [4.69, 9.17) is 16.3 Å². The van der Waals surface area contributed by atoms with E-state index in [1.54, 1.807) is 12.1 Å². The maximum absolute atomic E-state index is 10.0. The van der Waals surface area contributed by atoms with E-state index < -0.39 is 7.12 Å². The van der Waals surface area contributed by atoms with E-state index >= 15 is 0 Å². The van der Waals surface area contributed by atoms with Gasteiger partial charge in [0.2, 0.25) is 0 Å². The number of rotatable bonds is 3. The predicted octanol–water partition coefficient (Wildman–Crippen LogP) is 3.42. The SMILES string of the molecule is C=C(CC)C1=CCC(c2ccc(O)cc2Cl)OB1O. The van der Waals surface area contributed by atoms with Gasteiger partial charge in [0.25, 0.3) is 0 Å². The Morgan fingerprint density at radius 2 is 2.32 bits per heavy atom. The number of halogens is 1. The number of hydrogen-bond acceptors (Lipinski definition) is 3. The summed E-state index contributed by atoms with van der Waals surface area (Å²) in [7, 11) is -0.976. The number of hydrogen-bond donors (Lipinski definition) is 2. The zero-order chi connectivity index (χ0) is 14.0. The highest BCUT2D eigenvalue weighted by Crippen LogP contribution is 2.35. The van der Waals surface area contributed by atoms with E-state index in [1.807, 2.05) is 13.0 Å². The maximum Gasteiger partial charge on any atom is 0.491 e. The zero-order valence-electron chi connectivity index (χ0n) is 10.8. The molecule has 1 aromatic rings. The van der Waals surface area contributed by atoms with Crippen molar-refractivity contribution in [1.29, 1.82) is 0 Å². The Hall–Kier alpha value is -1.23. The molecule has 1 atom stereocenters. The van der Waals surface area contributed by atoms with Crippen molar-refractivity contribution in [3.8, 4) is 5.75 Å². The van der Waals surface area contributed by atoms with Crippen LogP contribution < -0.4 is 0 Å². The van der Waals surface area contributed by atoms with Gasteiger partial charge in [-0.15, -0.1) is 0 Å². The van der Waals surface area contributed by atoms with Gasteiger partial charge in [0.15, 0.2) is 0 Å². The van der Waals surface area contributed by atoms with Crippen LogP contribution in [-0.4, -0.2) is 17.2 Å². The molecule has 0 bridgehead atoms. The second kappa shape index (κ2) is 5.82. The quantitative estimate of drug-likeness (QED) is 0.833. The van der Waals surface area contributed by atoms with Gasteiger partial charge in [-0.05, 0) is 36.0 Å².